The Morgan fingerprint density at radius 1 is 0.902 bits per heavy atom. The number of hydrogen-bond donors (Lipinski definition) is 2. The summed E-state index contributed by atoms with van der Waals surface area (Å²) in [6.45, 7) is 0. The summed E-state index contributed by atoms with van der Waals surface area (Å²) in [5, 5.41) is 5.99. The van der Waals surface area contributed by atoms with Gasteiger partial charge in [0.15, 0.2) is 0 Å². The van der Waals surface area contributed by atoms with E-state index in [4.69, 9.17) is 11.6 Å². The number of amides is 2. The maximum absolute atomic E-state index is 13.2. The van der Waals surface area contributed by atoms with E-state index in [9.17, 15) is 22.8 Å². The first-order chi connectivity index (χ1) is 19.7. The number of carbonyl (C=O) groups is 2. The molecule has 0 atom stereocenters. The molecule has 0 bridgehead atoms. The van der Waals surface area contributed by atoms with Crippen molar-refractivity contribution in [1.29, 1.82) is 0 Å². The van der Waals surface area contributed by atoms with E-state index in [-0.39, 0.29) is 17.4 Å². The van der Waals surface area contributed by atoms with Gasteiger partial charge >= 0.3 is 6.18 Å². The number of fused-ring (bicyclic) bond motifs is 1. The summed E-state index contributed by atoms with van der Waals surface area (Å²) < 4.78 is 41.6. The van der Waals surface area contributed by atoms with Gasteiger partial charge in [-0.05, 0) is 66.4 Å². The quantitative estimate of drug-likeness (QED) is 0.221. The molecule has 1 fully saturated rings. The van der Waals surface area contributed by atoms with Gasteiger partial charge in [-0.3, -0.25) is 9.59 Å². The van der Waals surface area contributed by atoms with Crippen LogP contribution in [0.1, 0.15) is 28.8 Å². The number of benzene rings is 3. The summed E-state index contributed by atoms with van der Waals surface area (Å²) >= 11 is 5.68. The van der Waals surface area contributed by atoms with Crippen molar-refractivity contribution in [3.63, 3.8) is 0 Å². The lowest BCUT2D eigenvalue weighted by atomic mass is 10.0. The first-order valence-electron chi connectivity index (χ1n) is 12.7. The summed E-state index contributed by atoms with van der Waals surface area (Å²) in [6, 6.07) is 19.6. The van der Waals surface area contributed by atoms with E-state index in [0.717, 1.165) is 47.0 Å². The molecule has 6 rings (SSSR count). The van der Waals surface area contributed by atoms with Gasteiger partial charge in [-0.15, -0.1) is 0 Å². The molecule has 5 aromatic rings. The molecule has 0 radical (unpaired) electrons. The second kappa shape index (κ2) is 10.4. The number of alkyl halides is 3. The molecular formula is C30H21ClF3N5O2. The van der Waals surface area contributed by atoms with E-state index >= 15 is 0 Å². The molecule has 2 aromatic heterocycles. The molecule has 2 heterocycles. The molecule has 41 heavy (non-hydrogen) atoms. The fourth-order valence-corrected chi connectivity index (χ4v) is 4.72. The molecule has 1 aliphatic rings. The number of nitrogens with zero attached hydrogens (tertiary/aromatic N) is 3. The van der Waals surface area contributed by atoms with Crippen molar-refractivity contribution >= 4 is 45.8 Å². The summed E-state index contributed by atoms with van der Waals surface area (Å²) in [5.74, 6) is 0.324. The molecule has 0 aliphatic heterocycles. The number of rotatable bonds is 6. The topological polar surface area (TPSA) is 88.9 Å². The highest BCUT2D eigenvalue weighted by Crippen LogP contribution is 2.35. The minimum Gasteiger partial charge on any atom is -0.322 e. The molecule has 3 aromatic carbocycles. The van der Waals surface area contributed by atoms with E-state index in [2.05, 4.69) is 20.6 Å². The van der Waals surface area contributed by atoms with Gasteiger partial charge in [0.25, 0.3) is 5.91 Å². The maximum Gasteiger partial charge on any atom is 0.417 e. The average Bonchev–Trinajstić information content (AvgIpc) is 3.72. The average molecular weight is 576 g/mol. The second-order valence-electron chi connectivity index (χ2n) is 9.71. The Hall–Kier alpha value is -4.70. The van der Waals surface area contributed by atoms with Crippen LogP contribution in [0.15, 0.2) is 85.3 Å². The van der Waals surface area contributed by atoms with E-state index < -0.39 is 22.7 Å². The fourth-order valence-electron chi connectivity index (χ4n) is 4.49. The molecule has 0 unspecified atom stereocenters. The highest BCUT2D eigenvalue weighted by atomic mass is 35.5. The Balaban J connectivity index is 1.26. The van der Waals surface area contributed by atoms with Crippen LogP contribution in [0.3, 0.4) is 0 Å². The number of anilines is 2. The molecule has 1 saturated carbocycles. The molecule has 11 heteroatoms. The molecule has 0 spiro atoms. The Labute approximate surface area is 237 Å². The monoisotopic (exact) mass is 575 g/mol. The van der Waals surface area contributed by atoms with Gasteiger partial charge in [0.1, 0.15) is 18.0 Å². The lowest BCUT2D eigenvalue weighted by molar-refractivity contribution is -0.137. The molecule has 2 amide bonds. The van der Waals surface area contributed by atoms with Crippen molar-refractivity contribution in [2.75, 3.05) is 10.6 Å². The zero-order valence-electron chi connectivity index (χ0n) is 21.2. The third kappa shape index (κ3) is 5.64. The summed E-state index contributed by atoms with van der Waals surface area (Å²) in [5.41, 5.74) is 1.66. The van der Waals surface area contributed by atoms with Crippen molar-refractivity contribution in [3.05, 3.63) is 101 Å². The second-order valence-corrected chi connectivity index (χ2v) is 10.1. The molecule has 2 N–H and O–H groups in total. The lowest BCUT2D eigenvalue weighted by Crippen LogP contribution is -2.14. The highest BCUT2D eigenvalue weighted by Gasteiger charge is 2.34. The van der Waals surface area contributed by atoms with Crippen LogP contribution < -0.4 is 10.6 Å². The lowest BCUT2D eigenvalue weighted by Gasteiger charge is -2.12. The SMILES string of the molecule is O=C(Nc1cccc(-c2ccc3ccn(-c4cc(NC(=O)C5CC5)ncn4)c3c2)c1)c1ccc(Cl)c(C(F)(F)F)c1. The first kappa shape index (κ1) is 26.5. The Morgan fingerprint density at radius 3 is 2.49 bits per heavy atom. The normalized spacial score (nSPS) is 13.3. The number of carbonyl (C=O) groups excluding carboxylic acids is 2. The molecule has 7 nitrogen and oxygen atoms in total. The van der Waals surface area contributed by atoms with E-state index in [1.54, 1.807) is 24.3 Å². The largest absolute Gasteiger partial charge is 0.417 e. The van der Waals surface area contributed by atoms with Crippen LogP contribution in [-0.2, 0) is 11.0 Å². The van der Waals surface area contributed by atoms with Crippen molar-refractivity contribution in [1.82, 2.24) is 14.5 Å². The third-order valence-corrected chi connectivity index (χ3v) is 7.11. The van der Waals surface area contributed by atoms with Gasteiger partial charge in [0, 0.05) is 34.8 Å². The van der Waals surface area contributed by atoms with E-state index in [1.807, 2.05) is 41.1 Å². The number of aromatic nitrogens is 3. The predicted octanol–water partition coefficient (Wildman–Crippen LogP) is 7.36. The summed E-state index contributed by atoms with van der Waals surface area (Å²) in [4.78, 5) is 33.5. The zero-order chi connectivity index (χ0) is 28.7. The van der Waals surface area contributed by atoms with Crippen LogP contribution in [0.5, 0.6) is 0 Å². The number of nitrogens with one attached hydrogen (secondary N) is 2. The standard InChI is InChI=1S/C30H21ClF3N5O2/c31-24-9-8-21(13-23(24)30(32,33)34)29(41)37-22-3-1-2-19(12-22)20-7-4-17-10-11-39(25(17)14-20)27-15-26(35-16-36-27)38-28(40)18-5-6-18/h1-4,7-16,18H,5-6H2,(H,37,41)(H,35,36,38,40). The van der Waals surface area contributed by atoms with Crippen LogP contribution in [-0.4, -0.2) is 26.3 Å². The van der Waals surface area contributed by atoms with Crippen molar-refractivity contribution < 1.29 is 22.8 Å². The smallest absolute Gasteiger partial charge is 0.322 e. The number of halogens is 4. The maximum atomic E-state index is 13.2. The number of hydrogen-bond acceptors (Lipinski definition) is 4. The molecule has 1 aliphatic carbocycles. The molecule has 0 saturated heterocycles. The van der Waals surface area contributed by atoms with Gasteiger partial charge in [0.2, 0.25) is 5.91 Å². The minimum atomic E-state index is -4.68. The van der Waals surface area contributed by atoms with E-state index in [1.165, 1.54) is 12.4 Å². The van der Waals surface area contributed by atoms with Gasteiger partial charge in [-0.2, -0.15) is 13.2 Å². The predicted molar refractivity (Wildman–Crippen MR) is 150 cm³/mol. The molecular weight excluding hydrogens is 555 g/mol. The van der Waals surface area contributed by atoms with Crippen LogP contribution >= 0.6 is 11.6 Å². The summed E-state index contributed by atoms with van der Waals surface area (Å²) in [6.07, 6.45) is 0.375. The van der Waals surface area contributed by atoms with Gasteiger partial charge in [-0.1, -0.05) is 35.9 Å². The van der Waals surface area contributed by atoms with Gasteiger partial charge < -0.3 is 15.2 Å². The van der Waals surface area contributed by atoms with Crippen LogP contribution in [0.2, 0.25) is 5.02 Å². The Kier molecular flexibility index (Phi) is 6.70. The van der Waals surface area contributed by atoms with E-state index in [0.29, 0.717) is 17.3 Å². The molecule has 206 valence electrons. The minimum absolute atomic E-state index is 0.0434. The first-order valence-corrected chi connectivity index (χ1v) is 13.1. The zero-order valence-corrected chi connectivity index (χ0v) is 22.0. The van der Waals surface area contributed by atoms with Gasteiger partial charge in [0.05, 0.1) is 16.1 Å². The van der Waals surface area contributed by atoms with Crippen LogP contribution in [0, 0.1) is 5.92 Å². The van der Waals surface area contributed by atoms with Crippen molar-refractivity contribution in [3.8, 4) is 16.9 Å². The Morgan fingerprint density at radius 2 is 1.71 bits per heavy atom. The third-order valence-electron chi connectivity index (χ3n) is 6.78. The van der Waals surface area contributed by atoms with Crippen molar-refractivity contribution in [2.24, 2.45) is 5.92 Å². The van der Waals surface area contributed by atoms with Gasteiger partial charge in [-0.25, -0.2) is 9.97 Å². The highest BCUT2D eigenvalue weighted by molar-refractivity contribution is 6.31. The Bertz CT molecular complexity index is 1810. The van der Waals surface area contributed by atoms with Crippen LogP contribution in [0.25, 0.3) is 27.8 Å². The van der Waals surface area contributed by atoms with Crippen LogP contribution in [0.4, 0.5) is 24.7 Å². The van der Waals surface area contributed by atoms with Crippen molar-refractivity contribution in [2.45, 2.75) is 19.0 Å². The fraction of sp³-hybridized carbons (Fsp3) is 0.133. The summed E-state index contributed by atoms with van der Waals surface area (Å²) in [7, 11) is 0.